The van der Waals surface area contributed by atoms with Crippen LogP contribution >= 0.6 is 0 Å². The van der Waals surface area contributed by atoms with Crippen LogP contribution in [0.25, 0.3) is 0 Å². The van der Waals surface area contributed by atoms with Crippen molar-refractivity contribution in [2.75, 3.05) is 0 Å². The molecule has 6 fully saturated rings. The van der Waals surface area contributed by atoms with Crippen molar-refractivity contribution in [1.29, 1.82) is 0 Å². The molecule has 6 rings (SSSR count). The maximum absolute atomic E-state index is 6.18. The number of epoxide rings is 4. The molecule has 2 atom stereocenters. The summed E-state index contributed by atoms with van der Waals surface area (Å²) >= 11 is 0. The van der Waals surface area contributed by atoms with Crippen LogP contribution in [0, 0.1) is 0 Å². The van der Waals surface area contributed by atoms with Crippen LogP contribution < -0.4 is 0 Å². The molecule has 0 N–H and O–H groups in total. The molecule has 4 heterocycles. The fourth-order valence-corrected chi connectivity index (χ4v) is 4.05. The van der Waals surface area contributed by atoms with Gasteiger partial charge in [0.1, 0.15) is 0 Å². The summed E-state index contributed by atoms with van der Waals surface area (Å²) in [7, 11) is 0. The second kappa shape index (κ2) is 2.08. The van der Waals surface area contributed by atoms with Crippen molar-refractivity contribution in [2.24, 2.45) is 0 Å². The number of rotatable bonds is 2. The van der Waals surface area contributed by atoms with Gasteiger partial charge in [-0.1, -0.05) is 0 Å². The molecular weight excluding hydrogens is 224 g/mol. The highest BCUT2D eigenvalue weighted by Crippen LogP contribution is 2.76. The second-order valence-electron chi connectivity index (χ2n) is 6.29. The van der Waals surface area contributed by atoms with Gasteiger partial charge in [-0.25, -0.2) is 0 Å². The highest BCUT2D eigenvalue weighted by molar-refractivity contribution is 5.22. The highest BCUT2D eigenvalue weighted by atomic mass is 17.1. The summed E-state index contributed by atoms with van der Waals surface area (Å²) < 4.78 is 28.4. The molecule has 92 valence electrons. The average molecular weight is 238 g/mol. The summed E-state index contributed by atoms with van der Waals surface area (Å²) in [5.41, 5.74) is 0. The summed E-state index contributed by atoms with van der Waals surface area (Å²) in [4.78, 5) is 0. The molecule has 4 saturated heterocycles. The molecule has 17 heavy (non-hydrogen) atoms. The minimum atomic E-state index is -0.223. The fourth-order valence-electron chi connectivity index (χ4n) is 4.05. The molecular formula is C12H14O5. The van der Waals surface area contributed by atoms with E-state index in [0.29, 0.717) is 12.2 Å². The lowest BCUT2D eigenvalue weighted by molar-refractivity contribution is -0.110. The van der Waals surface area contributed by atoms with Gasteiger partial charge in [-0.2, -0.15) is 0 Å². The Balaban J connectivity index is 1.15. The minimum Gasteiger partial charge on any atom is -0.375 e. The molecule has 0 aromatic carbocycles. The Hall–Kier alpha value is -0.200. The third-order valence-electron chi connectivity index (χ3n) is 5.28. The third-order valence-corrected chi connectivity index (χ3v) is 5.28. The molecule has 0 amide bonds. The van der Waals surface area contributed by atoms with Crippen LogP contribution in [-0.2, 0) is 23.7 Å². The van der Waals surface area contributed by atoms with E-state index in [9.17, 15) is 0 Å². The molecule has 4 aliphatic heterocycles. The van der Waals surface area contributed by atoms with Crippen molar-refractivity contribution >= 4 is 0 Å². The van der Waals surface area contributed by atoms with Gasteiger partial charge in [0.05, 0.1) is 12.2 Å². The van der Waals surface area contributed by atoms with E-state index >= 15 is 0 Å². The maximum Gasteiger partial charge on any atom is 0.231 e. The molecule has 0 aromatic rings. The first-order chi connectivity index (χ1) is 8.19. The average Bonchev–Trinajstić information content (AvgIpc) is 3.10. The Morgan fingerprint density at radius 2 is 1.18 bits per heavy atom. The van der Waals surface area contributed by atoms with E-state index in [-0.39, 0.29) is 23.1 Å². The molecule has 2 unspecified atom stereocenters. The number of hydrogen-bond acceptors (Lipinski definition) is 5. The summed E-state index contributed by atoms with van der Waals surface area (Å²) in [6.45, 7) is 0. The number of hydrogen-bond donors (Lipinski definition) is 0. The lowest BCUT2D eigenvalue weighted by atomic mass is 9.95. The zero-order valence-corrected chi connectivity index (χ0v) is 9.44. The molecule has 0 radical (unpaired) electrons. The van der Waals surface area contributed by atoms with Crippen molar-refractivity contribution in [3.8, 4) is 0 Å². The molecule has 6 aliphatic rings. The van der Waals surface area contributed by atoms with Gasteiger partial charge in [0.2, 0.25) is 23.1 Å². The van der Waals surface area contributed by atoms with Crippen molar-refractivity contribution in [1.82, 2.24) is 0 Å². The summed E-state index contributed by atoms with van der Waals surface area (Å²) in [5.74, 6) is -0.767. The van der Waals surface area contributed by atoms with Crippen LogP contribution in [-0.4, -0.2) is 35.4 Å². The molecule has 5 heteroatoms. The molecule has 5 nitrogen and oxygen atoms in total. The smallest absolute Gasteiger partial charge is 0.231 e. The van der Waals surface area contributed by atoms with E-state index in [4.69, 9.17) is 23.7 Å². The largest absolute Gasteiger partial charge is 0.375 e. The van der Waals surface area contributed by atoms with E-state index in [1.165, 1.54) is 0 Å². The van der Waals surface area contributed by atoms with E-state index in [1.54, 1.807) is 0 Å². The Morgan fingerprint density at radius 1 is 0.706 bits per heavy atom. The summed E-state index contributed by atoms with van der Waals surface area (Å²) in [6, 6.07) is 0. The Kier molecular flexibility index (Phi) is 1.08. The SMILES string of the molecule is C1CC23OC2(CC1OC1CCC24OC2(C1)O4)O3. The molecule has 2 aliphatic carbocycles. The van der Waals surface area contributed by atoms with E-state index in [1.807, 2.05) is 0 Å². The predicted molar refractivity (Wildman–Crippen MR) is 51.6 cm³/mol. The van der Waals surface area contributed by atoms with Gasteiger partial charge in [-0.3, -0.25) is 0 Å². The summed E-state index contributed by atoms with van der Waals surface area (Å²) in [5, 5.41) is 0. The first-order valence-electron chi connectivity index (χ1n) is 6.65. The summed E-state index contributed by atoms with van der Waals surface area (Å²) in [6.07, 6.45) is 6.49. The van der Waals surface area contributed by atoms with Crippen molar-refractivity contribution in [3.63, 3.8) is 0 Å². The van der Waals surface area contributed by atoms with E-state index < -0.39 is 0 Å². The highest BCUT2D eigenvalue weighted by Gasteiger charge is 2.93. The van der Waals surface area contributed by atoms with Crippen LogP contribution in [0.5, 0.6) is 0 Å². The Labute approximate surface area is 98.3 Å². The Bertz CT molecular complexity index is 394. The van der Waals surface area contributed by atoms with Gasteiger partial charge in [-0.15, -0.1) is 0 Å². The lowest BCUT2D eigenvalue weighted by Crippen LogP contribution is -2.30. The topological polar surface area (TPSA) is 59.4 Å². The zero-order valence-electron chi connectivity index (χ0n) is 9.44. The van der Waals surface area contributed by atoms with Crippen LogP contribution in [0.15, 0.2) is 0 Å². The third kappa shape index (κ3) is 0.841. The van der Waals surface area contributed by atoms with Gasteiger partial charge in [-0.05, 0) is 12.8 Å². The standard InChI is InChI=1S/C12H14O5/c1-3-9-11(14-9,15-9)5-7(1)13-8-2-4-10-12(6-8,16-10)17-10/h7-8H,1-6H2. The quantitative estimate of drug-likeness (QED) is 0.672. The van der Waals surface area contributed by atoms with Crippen LogP contribution in [0.3, 0.4) is 0 Å². The minimum absolute atomic E-state index is 0.160. The Morgan fingerprint density at radius 3 is 1.59 bits per heavy atom. The van der Waals surface area contributed by atoms with Gasteiger partial charge in [0.25, 0.3) is 0 Å². The van der Waals surface area contributed by atoms with Gasteiger partial charge < -0.3 is 23.7 Å². The molecule has 2 saturated carbocycles. The van der Waals surface area contributed by atoms with Gasteiger partial charge in [0, 0.05) is 25.7 Å². The number of ether oxygens (including phenoxy) is 5. The lowest BCUT2D eigenvalue weighted by Gasteiger charge is -2.25. The van der Waals surface area contributed by atoms with Gasteiger partial charge >= 0.3 is 0 Å². The first-order valence-corrected chi connectivity index (χ1v) is 6.65. The van der Waals surface area contributed by atoms with Crippen LogP contribution in [0.2, 0.25) is 0 Å². The predicted octanol–water partition coefficient (Wildman–Crippen LogP) is 1.01. The van der Waals surface area contributed by atoms with Crippen LogP contribution in [0.1, 0.15) is 38.5 Å². The second-order valence-corrected chi connectivity index (χ2v) is 6.29. The monoisotopic (exact) mass is 238 g/mol. The van der Waals surface area contributed by atoms with Gasteiger partial charge in [0.15, 0.2) is 0 Å². The van der Waals surface area contributed by atoms with E-state index in [2.05, 4.69) is 0 Å². The fraction of sp³-hybridized carbons (Fsp3) is 1.00. The van der Waals surface area contributed by atoms with Crippen molar-refractivity contribution in [3.05, 3.63) is 0 Å². The van der Waals surface area contributed by atoms with Crippen molar-refractivity contribution in [2.45, 2.75) is 73.9 Å². The maximum atomic E-state index is 6.18. The normalized spacial score (nSPS) is 72.7. The molecule has 0 bridgehead atoms. The molecule has 0 spiro atoms. The van der Waals surface area contributed by atoms with E-state index in [0.717, 1.165) is 38.5 Å². The first kappa shape index (κ1) is 8.82. The van der Waals surface area contributed by atoms with Crippen LogP contribution in [0.4, 0.5) is 0 Å². The van der Waals surface area contributed by atoms with Crippen molar-refractivity contribution < 1.29 is 23.7 Å². The molecule has 0 aromatic heterocycles. The zero-order chi connectivity index (χ0) is 10.9.